The zero-order valence-corrected chi connectivity index (χ0v) is 22.4. The molecule has 4 heterocycles. The van der Waals surface area contributed by atoms with Crippen molar-refractivity contribution < 1.29 is 19.1 Å². The van der Waals surface area contributed by atoms with Crippen molar-refractivity contribution in [1.29, 1.82) is 0 Å². The van der Waals surface area contributed by atoms with E-state index < -0.39 is 23.5 Å². The van der Waals surface area contributed by atoms with E-state index in [2.05, 4.69) is 24.1 Å². The monoisotopic (exact) mass is 536 g/mol. The largest absolute Gasteiger partial charge is 0.367 e. The van der Waals surface area contributed by atoms with Gasteiger partial charge in [-0.3, -0.25) is 14.4 Å². The van der Waals surface area contributed by atoms with Crippen LogP contribution < -0.4 is 5.32 Å². The predicted octanol–water partition coefficient (Wildman–Crippen LogP) is 3.27. The molecule has 4 aliphatic rings. The molecule has 5 rings (SSSR count). The Labute approximate surface area is 222 Å². The number of amides is 3. The van der Waals surface area contributed by atoms with Crippen molar-refractivity contribution in [2.75, 3.05) is 44.6 Å². The second kappa shape index (κ2) is 10.1. The Balaban J connectivity index is 1.44. The van der Waals surface area contributed by atoms with Crippen molar-refractivity contribution >= 4 is 46.6 Å². The SMILES string of the molecule is CCN(CC)CCN1C(=O)C2C(C(=O)Nc3ccc(Cl)c(Cl)c3)C3CCC2(O3)C1C(=O)N1CCCC1. The van der Waals surface area contributed by atoms with Crippen molar-refractivity contribution in [2.24, 2.45) is 11.8 Å². The quantitative estimate of drug-likeness (QED) is 0.551. The molecule has 0 aliphatic carbocycles. The summed E-state index contributed by atoms with van der Waals surface area (Å²) in [7, 11) is 0. The number of fused-ring (bicyclic) bond motifs is 1. The second-order valence-electron chi connectivity index (χ2n) is 10.3. The number of nitrogens with zero attached hydrogens (tertiary/aromatic N) is 3. The summed E-state index contributed by atoms with van der Waals surface area (Å²) in [6, 6.07) is 4.22. The van der Waals surface area contributed by atoms with E-state index in [9.17, 15) is 14.4 Å². The number of halogens is 2. The summed E-state index contributed by atoms with van der Waals surface area (Å²) in [5, 5.41) is 3.65. The molecule has 4 saturated heterocycles. The molecule has 36 heavy (non-hydrogen) atoms. The van der Waals surface area contributed by atoms with Crippen LogP contribution in [0.5, 0.6) is 0 Å². The minimum atomic E-state index is -0.954. The summed E-state index contributed by atoms with van der Waals surface area (Å²) in [5.74, 6) is -1.79. The lowest BCUT2D eigenvalue weighted by atomic mass is 9.70. The smallest absolute Gasteiger partial charge is 0.248 e. The number of carbonyl (C=O) groups is 3. The van der Waals surface area contributed by atoms with E-state index in [0.29, 0.717) is 54.8 Å². The highest BCUT2D eigenvalue weighted by Crippen LogP contribution is 2.58. The summed E-state index contributed by atoms with van der Waals surface area (Å²) in [5.41, 5.74) is -0.440. The van der Waals surface area contributed by atoms with Crippen molar-refractivity contribution in [2.45, 2.75) is 57.3 Å². The minimum absolute atomic E-state index is 0.0333. The number of carbonyl (C=O) groups excluding carboxylic acids is 3. The molecular weight excluding hydrogens is 503 g/mol. The van der Waals surface area contributed by atoms with Gasteiger partial charge in [-0.05, 0) is 57.0 Å². The van der Waals surface area contributed by atoms with E-state index in [1.54, 1.807) is 23.1 Å². The van der Waals surface area contributed by atoms with Crippen molar-refractivity contribution in [1.82, 2.24) is 14.7 Å². The number of likely N-dealkylation sites (N-methyl/N-ethyl adjacent to an activating group) is 1. The first kappa shape index (κ1) is 25.8. The average Bonchev–Trinajstić information content (AvgIpc) is 3.64. The predicted molar refractivity (Wildman–Crippen MR) is 138 cm³/mol. The Morgan fingerprint density at radius 3 is 2.56 bits per heavy atom. The molecule has 4 aliphatic heterocycles. The molecule has 0 saturated carbocycles. The van der Waals surface area contributed by atoms with Crippen molar-refractivity contribution in [3.63, 3.8) is 0 Å². The van der Waals surface area contributed by atoms with Gasteiger partial charge in [0, 0.05) is 31.9 Å². The third kappa shape index (κ3) is 4.20. The zero-order chi connectivity index (χ0) is 25.6. The number of hydrogen-bond donors (Lipinski definition) is 1. The molecule has 196 valence electrons. The molecule has 1 spiro atoms. The molecular formula is C26H34Cl2N4O4. The third-order valence-corrected chi connectivity index (χ3v) is 9.23. The molecule has 5 unspecified atom stereocenters. The maximum atomic E-state index is 14.0. The van der Waals surface area contributed by atoms with E-state index in [-0.39, 0.29) is 23.8 Å². The topological polar surface area (TPSA) is 82.2 Å². The molecule has 4 fully saturated rings. The van der Waals surface area contributed by atoms with Gasteiger partial charge < -0.3 is 24.8 Å². The van der Waals surface area contributed by atoms with E-state index in [1.807, 2.05) is 4.90 Å². The molecule has 10 heteroatoms. The van der Waals surface area contributed by atoms with E-state index in [1.165, 1.54) is 0 Å². The van der Waals surface area contributed by atoms with Crippen molar-refractivity contribution in [3.8, 4) is 0 Å². The van der Waals surface area contributed by atoms with Crippen LogP contribution in [-0.4, -0.2) is 89.4 Å². The number of ether oxygens (including phenoxy) is 1. The van der Waals surface area contributed by atoms with Gasteiger partial charge in [-0.2, -0.15) is 0 Å². The minimum Gasteiger partial charge on any atom is -0.367 e. The number of rotatable bonds is 8. The number of likely N-dealkylation sites (tertiary alicyclic amines) is 2. The van der Waals surface area contributed by atoms with Gasteiger partial charge in [0.15, 0.2) is 0 Å². The van der Waals surface area contributed by atoms with Crippen molar-refractivity contribution in [3.05, 3.63) is 28.2 Å². The lowest BCUT2D eigenvalue weighted by Gasteiger charge is -2.36. The lowest BCUT2D eigenvalue weighted by Crippen LogP contribution is -2.56. The van der Waals surface area contributed by atoms with Gasteiger partial charge in [-0.15, -0.1) is 0 Å². The number of anilines is 1. The maximum absolute atomic E-state index is 14.0. The zero-order valence-electron chi connectivity index (χ0n) is 20.8. The molecule has 2 bridgehead atoms. The first-order valence-electron chi connectivity index (χ1n) is 13.1. The van der Waals surface area contributed by atoms with Gasteiger partial charge in [0.2, 0.25) is 17.7 Å². The normalized spacial score (nSPS) is 31.0. The van der Waals surface area contributed by atoms with Gasteiger partial charge in [0.05, 0.1) is 28.0 Å². The number of benzene rings is 1. The Kier molecular flexibility index (Phi) is 7.24. The summed E-state index contributed by atoms with van der Waals surface area (Å²) < 4.78 is 6.52. The van der Waals surface area contributed by atoms with Crippen LogP contribution in [0.1, 0.15) is 39.5 Å². The van der Waals surface area contributed by atoms with Crippen LogP contribution in [0.2, 0.25) is 10.0 Å². The summed E-state index contributed by atoms with van der Waals surface area (Å²) in [6.45, 7) is 8.44. The van der Waals surface area contributed by atoms with E-state index in [4.69, 9.17) is 27.9 Å². The van der Waals surface area contributed by atoms with Gasteiger partial charge in [0.1, 0.15) is 11.6 Å². The first-order valence-corrected chi connectivity index (χ1v) is 13.8. The molecule has 1 aromatic carbocycles. The standard InChI is InChI=1S/C26H34Cl2N4O4/c1-3-30(4-2)13-14-32-22(25(35)31-11-5-6-12-31)26-10-9-19(36-26)20(21(26)24(32)34)23(33)29-16-7-8-17(27)18(28)15-16/h7-8,15,19-22H,3-6,9-14H2,1-2H3,(H,29,33). The summed E-state index contributed by atoms with van der Waals surface area (Å²) in [6.07, 6.45) is 2.81. The Bertz CT molecular complexity index is 1040. The number of nitrogens with one attached hydrogen (secondary N) is 1. The fourth-order valence-corrected chi connectivity index (χ4v) is 6.97. The van der Waals surface area contributed by atoms with Crippen LogP contribution in [0, 0.1) is 11.8 Å². The van der Waals surface area contributed by atoms with Crippen LogP contribution in [0.15, 0.2) is 18.2 Å². The number of hydrogen-bond acceptors (Lipinski definition) is 5. The molecule has 1 N–H and O–H groups in total. The third-order valence-electron chi connectivity index (χ3n) is 8.49. The molecule has 8 nitrogen and oxygen atoms in total. The van der Waals surface area contributed by atoms with E-state index >= 15 is 0 Å². The maximum Gasteiger partial charge on any atom is 0.248 e. The Hall–Kier alpha value is -1.87. The molecule has 0 aromatic heterocycles. The first-order chi connectivity index (χ1) is 17.3. The van der Waals surface area contributed by atoms with Gasteiger partial charge in [0.25, 0.3) is 0 Å². The molecule has 3 amide bonds. The Morgan fingerprint density at radius 1 is 1.17 bits per heavy atom. The highest BCUT2D eigenvalue weighted by Gasteiger charge is 2.74. The second-order valence-corrected chi connectivity index (χ2v) is 11.1. The van der Waals surface area contributed by atoms with Crippen LogP contribution in [0.4, 0.5) is 5.69 Å². The highest BCUT2D eigenvalue weighted by molar-refractivity contribution is 6.42. The lowest BCUT2D eigenvalue weighted by molar-refractivity contribution is -0.147. The molecule has 1 aromatic rings. The Morgan fingerprint density at radius 2 is 1.89 bits per heavy atom. The van der Waals surface area contributed by atoms with E-state index in [0.717, 1.165) is 25.9 Å². The van der Waals surface area contributed by atoms with Crippen LogP contribution >= 0.6 is 23.2 Å². The van der Waals surface area contributed by atoms with Crippen LogP contribution in [0.3, 0.4) is 0 Å². The van der Waals surface area contributed by atoms with Gasteiger partial charge in [-0.1, -0.05) is 37.0 Å². The van der Waals surface area contributed by atoms with Crippen LogP contribution in [0.25, 0.3) is 0 Å². The molecule has 5 atom stereocenters. The van der Waals surface area contributed by atoms with Gasteiger partial charge in [-0.25, -0.2) is 0 Å². The van der Waals surface area contributed by atoms with Gasteiger partial charge >= 0.3 is 0 Å². The summed E-state index contributed by atoms with van der Waals surface area (Å²) >= 11 is 12.2. The van der Waals surface area contributed by atoms with Crippen LogP contribution in [-0.2, 0) is 19.1 Å². The average molecular weight is 537 g/mol. The molecule has 0 radical (unpaired) electrons. The highest BCUT2D eigenvalue weighted by atomic mass is 35.5. The summed E-state index contributed by atoms with van der Waals surface area (Å²) in [4.78, 5) is 47.2. The fraction of sp³-hybridized carbons (Fsp3) is 0.654. The fourth-order valence-electron chi connectivity index (χ4n) is 6.67.